The lowest BCUT2D eigenvalue weighted by atomic mass is 10.0. The summed E-state index contributed by atoms with van der Waals surface area (Å²) in [6.45, 7) is 3.22. The van der Waals surface area contributed by atoms with E-state index in [1.807, 2.05) is 30.3 Å². The van der Waals surface area contributed by atoms with Crippen LogP contribution in [0.1, 0.15) is 24.0 Å². The summed E-state index contributed by atoms with van der Waals surface area (Å²) in [6.07, 6.45) is 3.85. The summed E-state index contributed by atoms with van der Waals surface area (Å²) in [7, 11) is 1.69. The highest BCUT2D eigenvalue weighted by Crippen LogP contribution is 2.22. The highest BCUT2D eigenvalue weighted by molar-refractivity contribution is 5.35. The van der Waals surface area contributed by atoms with E-state index in [0.29, 0.717) is 13.2 Å². The van der Waals surface area contributed by atoms with Gasteiger partial charge >= 0.3 is 0 Å². The maximum absolute atomic E-state index is 10.2. The highest BCUT2D eigenvalue weighted by Gasteiger charge is 2.16. The van der Waals surface area contributed by atoms with E-state index in [4.69, 9.17) is 9.47 Å². The molecule has 4 heteroatoms. The van der Waals surface area contributed by atoms with Crippen LogP contribution in [0.5, 0.6) is 11.5 Å². The molecule has 0 radical (unpaired) electrons. The second kappa shape index (κ2) is 9.60. The Kier molecular flexibility index (Phi) is 6.92. The van der Waals surface area contributed by atoms with E-state index >= 15 is 0 Å². The standard InChI is InChI=1S/C22H29NO3/c1-25-21-9-6-7-18(15-21)11-12-19-8-2-3-10-22(19)26-17-20(24)16-23-13-4-5-14-23/h2-3,6-10,15,20,24H,4-5,11-14,16-17H2,1H3. The van der Waals surface area contributed by atoms with Crippen LogP contribution in [0.4, 0.5) is 0 Å². The van der Waals surface area contributed by atoms with E-state index in [-0.39, 0.29) is 0 Å². The maximum atomic E-state index is 10.2. The number of β-amino-alcohol motifs (C(OH)–C–C–N with tert-alkyl or cyclic N) is 1. The third kappa shape index (κ3) is 5.48. The number of ether oxygens (including phenoxy) is 2. The Bertz CT molecular complexity index is 683. The summed E-state index contributed by atoms with van der Waals surface area (Å²) in [5.41, 5.74) is 2.41. The van der Waals surface area contributed by atoms with Gasteiger partial charge in [0.05, 0.1) is 7.11 Å². The molecule has 0 saturated carbocycles. The van der Waals surface area contributed by atoms with Crippen molar-refractivity contribution in [2.45, 2.75) is 31.8 Å². The normalized spacial score (nSPS) is 15.8. The smallest absolute Gasteiger partial charge is 0.122 e. The highest BCUT2D eigenvalue weighted by atomic mass is 16.5. The molecule has 0 bridgehead atoms. The van der Waals surface area contributed by atoms with Crippen molar-refractivity contribution >= 4 is 0 Å². The van der Waals surface area contributed by atoms with Crippen LogP contribution >= 0.6 is 0 Å². The monoisotopic (exact) mass is 355 g/mol. The first-order valence-corrected chi connectivity index (χ1v) is 9.48. The fourth-order valence-corrected chi connectivity index (χ4v) is 3.46. The lowest BCUT2D eigenvalue weighted by Gasteiger charge is -2.20. The van der Waals surface area contributed by atoms with Gasteiger partial charge in [-0.1, -0.05) is 30.3 Å². The van der Waals surface area contributed by atoms with Gasteiger partial charge in [0.25, 0.3) is 0 Å². The van der Waals surface area contributed by atoms with Crippen molar-refractivity contribution in [2.24, 2.45) is 0 Å². The predicted octanol–water partition coefficient (Wildman–Crippen LogP) is 3.32. The van der Waals surface area contributed by atoms with Crippen molar-refractivity contribution in [1.29, 1.82) is 0 Å². The second-order valence-electron chi connectivity index (χ2n) is 6.93. The number of aliphatic hydroxyl groups excluding tert-OH is 1. The van der Waals surface area contributed by atoms with Crippen LogP contribution in [-0.2, 0) is 12.8 Å². The molecule has 2 aromatic carbocycles. The molecule has 4 nitrogen and oxygen atoms in total. The van der Waals surface area contributed by atoms with E-state index in [1.54, 1.807) is 7.11 Å². The van der Waals surface area contributed by atoms with Crippen molar-refractivity contribution in [3.05, 3.63) is 59.7 Å². The van der Waals surface area contributed by atoms with Gasteiger partial charge in [0.1, 0.15) is 24.2 Å². The predicted molar refractivity (Wildman–Crippen MR) is 104 cm³/mol. The molecule has 0 spiro atoms. The average molecular weight is 355 g/mol. The molecule has 1 fully saturated rings. The fraction of sp³-hybridized carbons (Fsp3) is 0.455. The number of rotatable bonds is 9. The number of aliphatic hydroxyl groups is 1. The van der Waals surface area contributed by atoms with E-state index < -0.39 is 6.10 Å². The first-order chi connectivity index (χ1) is 12.7. The van der Waals surface area contributed by atoms with Crippen molar-refractivity contribution in [3.8, 4) is 11.5 Å². The summed E-state index contributed by atoms with van der Waals surface area (Å²) >= 11 is 0. The van der Waals surface area contributed by atoms with Crippen LogP contribution in [-0.4, -0.2) is 49.5 Å². The molecule has 26 heavy (non-hydrogen) atoms. The molecular formula is C22H29NO3. The molecular weight excluding hydrogens is 326 g/mol. The zero-order chi connectivity index (χ0) is 18.2. The minimum Gasteiger partial charge on any atom is -0.497 e. The van der Waals surface area contributed by atoms with E-state index in [0.717, 1.165) is 37.4 Å². The van der Waals surface area contributed by atoms with E-state index in [2.05, 4.69) is 23.1 Å². The molecule has 0 amide bonds. The first kappa shape index (κ1) is 18.7. The molecule has 1 atom stereocenters. The summed E-state index contributed by atoms with van der Waals surface area (Å²) < 4.78 is 11.2. The molecule has 1 aliphatic heterocycles. The Labute approximate surface area is 156 Å². The minimum atomic E-state index is -0.445. The molecule has 140 valence electrons. The van der Waals surface area contributed by atoms with Crippen molar-refractivity contribution < 1.29 is 14.6 Å². The quantitative estimate of drug-likeness (QED) is 0.749. The fourth-order valence-electron chi connectivity index (χ4n) is 3.46. The van der Waals surface area contributed by atoms with E-state index in [1.165, 1.54) is 24.0 Å². The molecule has 1 N–H and O–H groups in total. The number of methoxy groups -OCH3 is 1. The molecule has 3 rings (SSSR count). The Morgan fingerprint density at radius 1 is 1.04 bits per heavy atom. The van der Waals surface area contributed by atoms with Gasteiger partial charge in [0, 0.05) is 6.54 Å². The number of nitrogens with zero attached hydrogens (tertiary/aromatic N) is 1. The van der Waals surface area contributed by atoms with Gasteiger partial charge in [-0.25, -0.2) is 0 Å². The van der Waals surface area contributed by atoms with Gasteiger partial charge < -0.3 is 19.5 Å². The number of hydrogen-bond acceptors (Lipinski definition) is 4. The lowest BCUT2D eigenvalue weighted by molar-refractivity contribution is 0.0754. The molecule has 1 saturated heterocycles. The molecule has 2 aromatic rings. The van der Waals surface area contributed by atoms with Crippen LogP contribution in [0.3, 0.4) is 0 Å². The van der Waals surface area contributed by atoms with Gasteiger partial charge in [0.15, 0.2) is 0 Å². The number of aryl methyl sites for hydroxylation is 2. The SMILES string of the molecule is COc1cccc(CCc2ccccc2OCC(O)CN2CCCC2)c1. The summed E-state index contributed by atoms with van der Waals surface area (Å²) in [5.74, 6) is 1.76. The third-order valence-corrected chi connectivity index (χ3v) is 4.89. The third-order valence-electron chi connectivity index (χ3n) is 4.89. The molecule has 1 heterocycles. The lowest BCUT2D eigenvalue weighted by Crippen LogP contribution is -2.33. The van der Waals surface area contributed by atoms with Gasteiger partial charge in [-0.3, -0.25) is 0 Å². The Morgan fingerprint density at radius 2 is 1.85 bits per heavy atom. The average Bonchev–Trinajstić information content (AvgIpc) is 3.18. The Balaban J connectivity index is 1.53. The number of para-hydroxylation sites is 1. The maximum Gasteiger partial charge on any atom is 0.122 e. The van der Waals surface area contributed by atoms with Gasteiger partial charge in [-0.05, 0) is 68.1 Å². The number of likely N-dealkylation sites (tertiary alicyclic amines) is 1. The first-order valence-electron chi connectivity index (χ1n) is 9.48. The Morgan fingerprint density at radius 3 is 2.65 bits per heavy atom. The zero-order valence-electron chi connectivity index (χ0n) is 15.6. The van der Waals surface area contributed by atoms with Crippen LogP contribution < -0.4 is 9.47 Å². The van der Waals surface area contributed by atoms with Crippen LogP contribution in [0, 0.1) is 0 Å². The Hall–Kier alpha value is -2.04. The summed E-state index contributed by atoms with van der Waals surface area (Å²) in [4.78, 5) is 2.31. The largest absolute Gasteiger partial charge is 0.497 e. The molecule has 1 aliphatic rings. The molecule has 1 unspecified atom stereocenters. The van der Waals surface area contributed by atoms with Gasteiger partial charge in [-0.15, -0.1) is 0 Å². The number of hydrogen-bond donors (Lipinski definition) is 1. The summed E-state index contributed by atoms with van der Waals surface area (Å²) in [6, 6.07) is 16.3. The second-order valence-corrected chi connectivity index (χ2v) is 6.93. The van der Waals surface area contributed by atoms with Crippen molar-refractivity contribution in [1.82, 2.24) is 4.90 Å². The molecule has 0 aliphatic carbocycles. The minimum absolute atomic E-state index is 0.340. The van der Waals surface area contributed by atoms with Gasteiger partial charge in [0.2, 0.25) is 0 Å². The zero-order valence-corrected chi connectivity index (χ0v) is 15.6. The summed E-state index contributed by atoms with van der Waals surface area (Å²) in [5, 5.41) is 10.2. The van der Waals surface area contributed by atoms with Crippen LogP contribution in [0.25, 0.3) is 0 Å². The molecule has 0 aromatic heterocycles. The number of benzene rings is 2. The van der Waals surface area contributed by atoms with Crippen LogP contribution in [0.15, 0.2) is 48.5 Å². The van der Waals surface area contributed by atoms with Gasteiger partial charge in [-0.2, -0.15) is 0 Å². The topological polar surface area (TPSA) is 41.9 Å². The van der Waals surface area contributed by atoms with Crippen LogP contribution in [0.2, 0.25) is 0 Å². The van der Waals surface area contributed by atoms with Crippen molar-refractivity contribution in [3.63, 3.8) is 0 Å². The van der Waals surface area contributed by atoms with Crippen molar-refractivity contribution in [2.75, 3.05) is 33.4 Å². The van der Waals surface area contributed by atoms with E-state index in [9.17, 15) is 5.11 Å².